The highest BCUT2D eigenvalue weighted by atomic mass is 32.2. The maximum absolute atomic E-state index is 12.5. The van der Waals surface area contributed by atoms with E-state index in [9.17, 15) is 50.5 Å². The highest BCUT2D eigenvalue weighted by molar-refractivity contribution is 7.94. The Morgan fingerprint density at radius 1 is 0.270 bits per heavy atom. The number of aryl methyl sites for hydroxylation is 6. The van der Waals surface area contributed by atoms with Gasteiger partial charge in [0, 0.05) is 10.3 Å². The Morgan fingerprint density at radius 2 is 0.574 bits per heavy atom. The summed E-state index contributed by atoms with van der Waals surface area (Å²) in [7, 11) is -17.5. The van der Waals surface area contributed by atoms with Crippen molar-refractivity contribution in [2.24, 2.45) is 10.8 Å². The summed E-state index contributed by atoms with van der Waals surface area (Å²) in [6.07, 6.45) is 3.03. The maximum Gasteiger partial charge on any atom is 0.184 e. The van der Waals surface area contributed by atoms with Crippen LogP contribution in [0, 0.1) is 52.4 Å². The number of benzene rings is 9. The SMILES string of the molecule is CCCS(=O)(=O)C(C)(C)C.COc1ccc(-c2ccc(S(=O)(=O)C(C)(C)C)cc2)cc1.Cc1ccc(-c2cccc(S(=O)(=O)C(C)(C)C)c2)cc1.Cc1ccc(CC(C)(C)C)cc1.Cc1ccc(S(=O)(=O)C(C)(C)C)cc1.Cc1ccc(S(=O)(=O)C(C)(C)C)cc1.Cc1cccc(-c2cc(S(=O)(=O)C(C)(C)C)cs2)c1.Cc1cccc(CC(C)(C)C)c1. The van der Waals surface area contributed by atoms with Crippen LogP contribution in [0.2, 0.25) is 0 Å². The Bertz CT molecular complexity index is 5590. The highest BCUT2D eigenvalue weighted by Crippen LogP contribution is 2.36. The normalized spacial score (nSPS) is 12.5. The van der Waals surface area contributed by atoms with Crippen LogP contribution in [-0.4, -0.2) is 91.9 Å². The lowest BCUT2D eigenvalue weighted by Crippen LogP contribution is -2.30. The van der Waals surface area contributed by atoms with Crippen molar-refractivity contribution in [1.82, 2.24) is 0 Å². The molecule has 10 rings (SSSR count). The van der Waals surface area contributed by atoms with Crippen molar-refractivity contribution in [3.63, 3.8) is 0 Å². The van der Waals surface area contributed by atoms with E-state index >= 15 is 0 Å². The fourth-order valence-electron chi connectivity index (χ4n) is 11.1. The first-order chi connectivity index (χ1) is 55.4. The topological polar surface area (TPSA) is 214 Å². The van der Waals surface area contributed by atoms with Gasteiger partial charge in [-0.2, -0.15) is 0 Å². The Hall–Kier alpha value is -7.82. The predicted octanol–water partition coefficient (Wildman–Crippen LogP) is 26.4. The fraction of sp³-hybridized carbons (Fsp3) is 0.431. The van der Waals surface area contributed by atoms with Crippen LogP contribution in [0.4, 0.5) is 0 Å². The second-order valence-electron chi connectivity index (χ2n) is 39.2. The maximum atomic E-state index is 12.5. The second kappa shape index (κ2) is 43.9. The van der Waals surface area contributed by atoms with Crippen molar-refractivity contribution in [3.05, 3.63) is 274 Å². The second-order valence-corrected chi connectivity index (χ2v) is 56.5. The van der Waals surface area contributed by atoms with Gasteiger partial charge < -0.3 is 4.74 Å². The van der Waals surface area contributed by atoms with Gasteiger partial charge in [0.25, 0.3) is 0 Å². The molecule has 0 saturated heterocycles. The third-order valence-electron chi connectivity index (χ3n) is 19.1. The zero-order valence-electron chi connectivity index (χ0n) is 78.9. The molecule has 0 bridgehead atoms. The molecule has 0 spiro atoms. The number of sulfone groups is 6. The molecule has 13 nitrogen and oxygen atoms in total. The van der Waals surface area contributed by atoms with Gasteiger partial charge in [0.1, 0.15) is 5.75 Å². The van der Waals surface area contributed by atoms with Crippen LogP contribution in [0.5, 0.6) is 5.75 Å². The number of rotatable bonds is 13. The first kappa shape index (κ1) is 108. The molecule has 0 amide bonds. The Morgan fingerprint density at radius 3 is 0.918 bits per heavy atom. The van der Waals surface area contributed by atoms with Crippen LogP contribution in [0.15, 0.2) is 254 Å². The molecule has 1 heterocycles. The molecular formula is C102H142O13S7. The predicted molar refractivity (Wildman–Crippen MR) is 519 cm³/mol. The van der Waals surface area contributed by atoms with Crippen LogP contribution in [0.1, 0.15) is 224 Å². The van der Waals surface area contributed by atoms with E-state index in [0.717, 1.165) is 62.4 Å². The largest absolute Gasteiger partial charge is 0.497 e. The van der Waals surface area contributed by atoms with Gasteiger partial charge in [-0.05, 0) is 302 Å². The average molecular weight is 1800 g/mol. The molecule has 0 aliphatic carbocycles. The lowest BCUT2D eigenvalue weighted by Gasteiger charge is -2.19. The zero-order valence-corrected chi connectivity index (χ0v) is 84.6. The van der Waals surface area contributed by atoms with Crippen LogP contribution >= 0.6 is 11.3 Å². The summed E-state index contributed by atoms with van der Waals surface area (Å²) in [5.41, 5.74) is 15.9. The number of ether oxygens (including phenoxy) is 1. The highest BCUT2D eigenvalue weighted by Gasteiger charge is 2.35. The van der Waals surface area contributed by atoms with E-state index in [1.165, 1.54) is 44.7 Å². The smallest absolute Gasteiger partial charge is 0.184 e. The summed E-state index contributed by atoms with van der Waals surface area (Å²) >= 11 is 1.48. The molecular weight excluding hydrogens is 1660 g/mol. The lowest BCUT2D eigenvalue weighted by molar-refractivity contribution is 0.411. The molecule has 0 radical (unpaired) electrons. The van der Waals surface area contributed by atoms with Gasteiger partial charge in [-0.15, -0.1) is 11.3 Å². The van der Waals surface area contributed by atoms with Gasteiger partial charge in [0.2, 0.25) is 0 Å². The van der Waals surface area contributed by atoms with E-state index < -0.39 is 87.5 Å². The lowest BCUT2D eigenvalue weighted by atomic mass is 9.88. The summed E-state index contributed by atoms with van der Waals surface area (Å²) in [6, 6.07) is 71.3. The van der Waals surface area contributed by atoms with Crippen molar-refractivity contribution in [1.29, 1.82) is 0 Å². The van der Waals surface area contributed by atoms with E-state index in [0.29, 0.717) is 47.5 Å². The molecule has 0 atom stereocenters. The number of thiophene rings is 1. The van der Waals surface area contributed by atoms with Crippen molar-refractivity contribution in [3.8, 4) is 38.4 Å². The molecule has 122 heavy (non-hydrogen) atoms. The van der Waals surface area contributed by atoms with Crippen molar-refractivity contribution in [2.75, 3.05) is 12.9 Å². The van der Waals surface area contributed by atoms with Crippen LogP contribution < -0.4 is 4.74 Å². The molecule has 0 aliphatic heterocycles. The summed E-state index contributed by atoms with van der Waals surface area (Å²) in [6.45, 7) is 58.7. The summed E-state index contributed by atoms with van der Waals surface area (Å²) in [4.78, 5) is 2.94. The van der Waals surface area contributed by atoms with E-state index in [4.69, 9.17) is 4.74 Å². The molecule has 0 unspecified atom stereocenters. The first-order valence-corrected chi connectivity index (χ1v) is 51.2. The Kier molecular flexibility index (Phi) is 39.0. The molecule has 0 aliphatic rings. The van der Waals surface area contributed by atoms with E-state index in [-0.39, 0.29) is 0 Å². The van der Waals surface area contributed by atoms with Gasteiger partial charge in [-0.1, -0.05) is 240 Å². The third-order valence-corrected chi connectivity index (χ3v) is 35.5. The average Bonchev–Trinajstić information content (AvgIpc) is 1.74. The molecule has 0 fully saturated rings. The van der Waals surface area contributed by atoms with Crippen LogP contribution in [0.3, 0.4) is 0 Å². The molecule has 0 saturated carbocycles. The quantitative estimate of drug-likeness (QED) is 0.105. The molecule has 670 valence electrons. The summed E-state index contributed by atoms with van der Waals surface area (Å²) < 4.78 is 146. The minimum absolute atomic E-state index is 0.302. The molecule has 1 aromatic heterocycles. The van der Waals surface area contributed by atoms with Crippen molar-refractivity contribution >= 4 is 70.4 Å². The molecule has 20 heteroatoms. The van der Waals surface area contributed by atoms with Crippen molar-refractivity contribution in [2.45, 2.75) is 287 Å². The first-order valence-electron chi connectivity index (χ1n) is 41.2. The summed E-state index contributed by atoms with van der Waals surface area (Å²) in [5.74, 6) is 1.10. The Balaban J connectivity index is 0.000000364. The molecule has 9 aromatic carbocycles. The van der Waals surface area contributed by atoms with Gasteiger partial charge in [-0.3, -0.25) is 0 Å². The monoisotopic (exact) mass is 1800 g/mol. The van der Waals surface area contributed by atoms with Gasteiger partial charge >= 0.3 is 0 Å². The standard InChI is InChI=1S/C17H20O3S.C17H20O2S.C15H18O2S2.2C12H18.2C11H16O2S.C7H16O2S/c1-17(2,3)21(18,19)16-11-7-14(8-12-16)13-5-9-15(20-4)10-6-13;1-13-8-10-14(11-9-13)15-6-5-7-16(12-15)20(18,19)17(2,3)4;1-11-6-5-7-12(8-11)14-9-13(10-18-14)19(16,17)15(2,3)4;1-10-5-7-11(8-6-10)9-12(2,3)4;1-10-6-5-7-11(8-10)9-12(2,3)4;2*1-9-5-7-10(8-6-9)14(12,13)11(2,3)4;1-5-6-10(8,9)7(2,3)4/h5-12H,1-4H3;5-12H,1-4H3;5-10H,1-4H3;2*5-8H,9H2,1-4H3;2*5-8H,1-4H3;5-6H2,1-4H3. The Labute approximate surface area is 743 Å². The third kappa shape index (κ3) is 33.6. The molecule has 10 aromatic rings. The summed E-state index contributed by atoms with van der Waals surface area (Å²) in [5, 5.41) is 1.73. The minimum Gasteiger partial charge on any atom is -0.497 e. The van der Waals surface area contributed by atoms with E-state index in [1.54, 1.807) is 198 Å². The number of hydrogen-bond acceptors (Lipinski definition) is 14. The number of hydrogen-bond donors (Lipinski definition) is 0. The van der Waals surface area contributed by atoms with Gasteiger partial charge in [0.15, 0.2) is 59.0 Å². The van der Waals surface area contributed by atoms with Crippen LogP contribution in [0.25, 0.3) is 32.7 Å². The van der Waals surface area contributed by atoms with E-state index in [2.05, 4.69) is 110 Å². The van der Waals surface area contributed by atoms with Gasteiger partial charge in [-0.25, -0.2) is 50.5 Å². The molecule has 0 N–H and O–H groups in total. The van der Waals surface area contributed by atoms with Crippen LogP contribution in [-0.2, 0) is 71.9 Å². The van der Waals surface area contributed by atoms with E-state index in [1.807, 2.05) is 144 Å². The fourth-order valence-corrected chi connectivity index (χ4v) is 19.6. The van der Waals surface area contributed by atoms with Gasteiger partial charge in [0.05, 0.1) is 65.8 Å². The number of methoxy groups -OCH3 is 1. The minimum atomic E-state index is -3.32. The zero-order chi connectivity index (χ0) is 93.7. The van der Waals surface area contributed by atoms with Crippen molar-refractivity contribution < 1.29 is 55.2 Å².